The van der Waals surface area contributed by atoms with Crippen LogP contribution >= 0.6 is 0 Å². The maximum atomic E-state index is 11.4. The fraction of sp³-hybridized carbons (Fsp3) is 0.214. The van der Waals surface area contributed by atoms with Gasteiger partial charge in [0.25, 0.3) is 0 Å². The van der Waals surface area contributed by atoms with E-state index in [1.54, 1.807) is 6.07 Å². The molecule has 0 unspecified atom stereocenters. The van der Waals surface area contributed by atoms with E-state index in [4.69, 9.17) is 0 Å². The second-order valence-corrected chi connectivity index (χ2v) is 4.09. The molecule has 1 heterocycles. The number of rotatable bonds is 4. The quantitative estimate of drug-likeness (QED) is 0.813. The molecule has 0 fully saturated rings. The first-order valence-electron chi connectivity index (χ1n) is 5.75. The minimum Gasteiger partial charge on any atom is -0.465 e. The van der Waals surface area contributed by atoms with Crippen LogP contribution in [0.2, 0.25) is 0 Å². The lowest BCUT2D eigenvalue weighted by atomic mass is 10.1. The number of aromatic amines is 1. The van der Waals surface area contributed by atoms with Crippen molar-refractivity contribution in [1.29, 1.82) is 0 Å². The number of aromatic nitrogens is 1. The predicted octanol–water partition coefficient (Wildman–Crippen LogP) is 2.72. The maximum Gasteiger partial charge on any atom is 0.337 e. The van der Waals surface area contributed by atoms with Crippen LogP contribution in [-0.2, 0) is 11.3 Å². The lowest BCUT2D eigenvalue weighted by Gasteiger charge is -2.10. The summed E-state index contributed by atoms with van der Waals surface area (Å²) in [4.78, 5) is 14.4. The van der Waals surface area contributed by atoms with E-state index in [0.717, 1.165) is 17.8 Å². The van der Waals surface area contributed by atoms with Gasteiger partial charge in [-0.05, 0) is 42.3 Å². The number of methoxy groups -OCH3 is 1. The van der Waals surface area contributed by atoms with Crippen LogP contribution in [0.3, 0.4) is 0 Å². The highest BCUT2D eigenvalue weighted by Crippen LogP contribution is 2.18. The Kier molecular flexibility index (Phi) is 3.67. The molecule has 2 N–H and O–H groups in total. The van der Waals surface area contributed by atoms with Crippen LogP contribution in [0.15, 0.2) is 36.7 Å². The van der Waals surface area contributed by atoms with Gasteiger partial charge in [0, 0.05) is 24.6 Å². The van der Waals surface area contributed by atoms with Crippen molar-refractivity contribution in [3.05, 3.63) is 53.3 Å². The Bertz CT molecular complexity index is 533. The fourth-order valence-electron chi connectivity index (χ4n) is 1.77. The lowest BCUT2D eigenvalue weighted by Crippen LogP contribution is -2.04. The average Bonchev–Trinajstić information content (AvgIpc) is 2.89. The minimum absolute atomic E-state index is 0.310. The molecular weight excluding hydrogens is 228 g/mol. The molecule has 0 spiro atoms. The molecule has 18 heavy (non-hydrogen) atoms. The third-order valence-corrected chi connectivity index (χ3v) is 2.79. The van der Waals surface area contributed by atoms with Crippen molar-refractivity contribution in [2.45, 2.75) is 13.5 Å². The summed E-state index contributed by atoms with van der Waals surface area (Å²) in [7, 11) is 1.38. The molecule has 0 aliphatic heterocycles. The molecule has 0 radical (unpaired) electrons. The number of H-pyrrole nitrogens is 1. The van der Waals surface area contributed by atoms with E-state index in [1.807, 2.05) is 37.5 Å². The van der Waals surface area contributed by atoms with E-state index in [0.29, 0.717) is 5.56 Å². The first-order valence-corrected chi connectivity index (χ1v) is 5.75. The number of ether oxygens (including phenoxy) is 1. The highest BCUT2D eigenvalue weighted by molar-refractivity contribution is 5.90. The van der Waals surface area contributed by atoms with Crippen LogP contribution in [0.5, 0.6) is 0 Å². The number of nitrogens with one attached hydrogen (secondary N) is 2. The van der Waals surface area contributed by atoms with Crippen molar-refractivity contribution < 1.29 is 9.53 Å². The highest BCUT2D eigenvalue weighted by atomic mass is 16.5. The molecule has 4 heteroatoms. The summed E-state index contributed by atoms with van der Waals surface area (Å²) < 4.78 is 4.69. The number of anilines is 1. The topological polar surface area (TPSA) is 54.1 Å². The summed E-state index contributed by atoms with van der Waals surface area (Å²) in [6.07, 6.45) is 3.84. The van der Waals surface area contributed by atoms with Gasteiger partial charge in [0.05, 0.1) is 12.7 Å². The zero-order chi connectivity index (χ0) is 13.0. The summed E-state index contributed by atoms with van der Waals surface area (Å²) in [5.74, 6) is -0.310. The van der Waals surface area contributed by atoms with Gasteiger partial charge in [-0.25, -0.2) is 4.79 Å². The Balaban J connectivity index is 2.08. The van der Waals surface area contributed by atoms with Gasteiger partial charge >= 0.3 is 5.97 Å². The molecule has 1 aromatic carbocycles. The summed E-state index contributed by atoms with van der Waals surface area (Å²) in [5.41, 5.74) is 3.80. The van der Waals surface area contributed by atoms with Crippen LogP contribution in [0.25, 0.3) is 0 Å². The van der Waals surface area contributed by atoms with Gasteiger partial charge in [-0.1, -0.05) is 0 Å². The van der Waals surface area contributed by atoms with E-state index in [2.05, 4.69) is 15.0 Å². The van der Waals surface area contributed by atoms with Gasteiger partial charge in [-0.3, -0.25) is 0 Å². The number of carbonyl (C=O) groups is 1. The maximum absolute atomic E-state index is 11.4. The zero-order valence-corrected chi connectivity index (χ0v) is 10.5. The highest BCUT2D eigenvalue weighted by Gasteiger charge is 2.07. The number of hydrogen-bond acceptors (Lipinski definition) is 3. The summed E-state index contributed by atoms with van der Waals surface area (Å²) in [5, 5.41) is 3.33. The Morgan fingerprint density at radius 2 is 2.22 bits per heavy atom. The summed E-state index contributed by atoms with van der Waals surface area (Å²) in [6, 6.07) is 7.50. The smallest absolute Gasteiger partial charge is 0.337 e. The van der Waals surface area contributed by atoms with Crippen molar-refractivity contribution in [3.8, 4) is 0 Å². The van der Waals surface area contributed by atoms with Gasteiger partial charge < -0.3 is 15.0 Å². The van der Waals surface area contributed by atoms with Gasteiger partial charge in [0.2, 0.25) is 0 Å². The van der Waals surface area contributed by atoms with Gasteiger partial charge in [-0.15, -0.1) is 0 Å². The number of hydrogen-bond donors (Lipinski definition) is 2. The zero-order valence-electron chi connectivity index (χ0n) is 10.5. The number of aryl methyl sites for hydroxylation is 1. The molecule has 1 aromatic heterocycles. The molecule has 0 atom stereocenters. The normalized spacial score (nSPS) is 10.1. The van der Waals surface area contributed by atoms with Crippen molar-refractivity contribution in [1.82, 2.24) is 4.98 Å². The first kappa shape index (κ1) is 12.2. The van der Waals surface area contributed by atoms with E-state index in [1.165, 1.54) is 12.7 Å². The molecule has 0 saturated heterocycles. The van der Waals surface area contributed by atoms with E-state index < -0.39 is 0 Å². The molecule has 0 amide bonds. The van der Waals surface area contributed by atoms with Gasteiger partial charge in [0.1, 0.15) is 0 Å². The molecule has 2 aromatic rings. The van der Waals surface area contributed by atoms with Crippen LogP contribution in [0.4, 0.5) is 5.69 Å². The molecule has 2 rings (SSSR count). The van der Waals surface area contributed by atoms with Gasteiger partial charge in [-0.2, -0.15) is 0 Å². The number of esters is 1. The Morgan fingerprint density at radius 3 is 2.83 bits per heavy atom. The fourth-order valence-corrected chi connectivity index (χ4v) is 1.77. The molecule has 94 valence electrons. The van der Waals surface area contributed by atoms with E-state index in [9.17, 15) is 4.79 Å². The SMILES string of the molecule is COC(=O)c1ccc(NCc2cc[nH]c2)c(C)c1. The molecule has 0 saturated carbocycles. The van der Waals surface area contributed by atoms with Crippen LogP contribution in [-0.4, -0.2) is 18.1 Å². The van der Waals surface area contributed by atoms with Crippen LogP contribution < -0.4 is 5.32 Å². The third kappa shape index (κ3) is 2.71. The molecular formula is C14H16N2O2. The van der Waals surface area contributed by atoms with Crippen molar-refractivity contribution in [2.24, 2.45) is 0 Å². The Hall–Kier alpha value is -2.23. The van der Waals surface area contributed by atoms with Crippen molar-refractivity contribution in [3.63, 3.8) is 0 Å². The van der Waals surface area contributed by atoms with Gasteiger partial charge in [0.15, 0.2) is 0 Å². The molecule has 0 bridgehead atoms. The summed E-state index contributed by atoms with van der Waals surface area (Å²) >= 11 is 0. The Morgan fingerprint density at radius 1 is 1.39 bits per heavy atom. The second kappa shape index (κ2) is 5.40. The Labute approximate surface area is 106 Å². The van der Waals surface area contributed by atoms with Crippen molar-refractivity contribution >= 4 is 11.7 Å². The minimum atomic E-state index is -0.310. The summed E-state index contributed by atoms with van der Waals surface area (Å²) in [6.45, 7) is 2.72. The standard InChI is InChI=1S/C14H16N2O2/c1-10-7-12(14(17)18-2)3-4-13(10)16-9-11-5-6-15-8-11/h3-8,15-16H,9H2,1-2H3. The van der Waals surface area contributed by atoms with E-state index >= 15 is 0 Å². The van der Waals surface area contributed by atoms with Crippen LogP contribution in [0.1, 0.15) is 21.5 Å². The molecule has 0 aliphatic carbocycles. The molecule has 0 aliphatic rings. The van der Waals surface area contributed by atoms with Crippen molar-refractivity contribution in [2.75, 3.05) is 12.4 Å². The predicted molar refractivity (Wildman–Crippen MR) is 70.6 cm³/mol. The average molecular weight is 244 g/mol. The largest absolute Gasteiger partial charge is 0.465 e. The van der Waals surface area contributed by atoms with E-state index in [-0.39, 0.29) is 5.97 Å². The van der Waals surface area contributed by atoms with Crippen LogP contribution in [0, 0.1) is 6.92 Å². The second-order valence-electron chi connectivity index (χ2n) is 4.09. The monoisotopic (exact) mass is 244 g/mol. The third-order valence-electron chi connectivity index (χ3n) is 2.79. The first-order chi connectivity index (χ1) is 8.70. The lowest BCUT2D eigenvalue weighted by molar-refractivity contribution is 0.0600. The number of benzene rings is 1. The molecule has 4 nitrogen and oxygen atoms in total. The number of carbonyl (C=O) groups excluding carboxylic acids is 1.